The largest absolute Gasteiger partial charge is 0.573 e. The molecule has 0 saturated carbocycles. The molecule has 0 atom stereocenters. The average molecular weight is 441 g/mol. The van der Waals surface area contributed by atoms with Gasteiger partial charge in [0.25, 0.3) is 5.03 Å². The standard InChI is InChI=1S/C18H14F3N3O5S/c1-27-12-8-6-11(7-9-12)24-16(17(26)29-23-24)30-10-15(25)22-13-4-2-3-5-14(13)28-18(19,20)21/h2-9H,10H2,1H3,(H-,22,23,25,26). The van der Waals surface area contributed by atoms with E-state index in [0.717, 1.165) is 17.8 Å². The van der Waals surface area contributed by atoms with Gasteiger partial charge in [0.15, 0.2) is 11.7 Å². The minimum Gasteiger partial charge on any atom is -0.538 e. The van der Waals surface area contributed by atoms with Gasteiger partial charge < -0.3 is 24.4 Å². The summed E-state index contributed by atoms with van der Waals surface area (Å²) in [5, 5.41) is 17.9. The maximum atomic E-state index is 12.5. The summed E-state index contributed by atoms with van der Waals surface area (Å²) in [6.45, 7) is 0. The number of thioether (sulfide) groups is 1. The quantitative estimate of drug-likeness (QED) is 0.444. The summed E-state index contributed by atoms with van der Waals surface area (Å²) in [6.07, 6.45) is -4.90. The van der Waals surface area contributed by atoms with Crippen LogP contribution in [-0.4, -0.2) is 30.4 Å². The zero-order valence-electron chi connectivity index (χ0n) is 15.3. The van der Waals surface area contributed by atoms with Crippen LogP contribution in [0, 0.1) is 0 Å². The molecule has 1 N–H and O–H groups in total. The zero-order chi connectivity index (χ0) is 21.7. The van der Waals surface area contributed by atoms with Crippen molar-refractivity contribution < 1.29 is 41.8 Å². The molecule has 8 nitrogen and oxygen atoms in total. The van der Waals surface area contributed by atoms with Crippen molar-refractivity contribution in [3.05, 3.63) is 48.5 Å². The van der Waals surface area contributed by atoms with Gasteiger partial charge in [-0.1, -0.05) is 12.1 Å². The molecule has 1 heterocycles. The third-order valence-corrected chi connectivity index (χ3v) is 4.64. The maximum Gasteiger partial charge on any atom is 0.573 e. The number of hydrogen-bond acceptors (Lipinski definition) is 7. The van der Waals surface area contributed by atoms with Gasteiger partial charge in [-0.05, 0) is 40.7 Å². The topological polar surface area (TPSA) is 101 Å². The Hall–Kier alpha value is -3.41. The van der Waals surface area contributed by atoms with Gasteiger partial charge in [0, 0.05) is 12.1 Å². The number of carbonyl (C=O) groups excluding carboxylic acids is 1. The molecule has 3 aromatic rings. The number of aromatic nitrogens is 2. The summed E-state index contributed by atoms with van der Waals surface area (Å²) in [4.78, 5) is 12.2. The zero-order valence-corrected chi connectivity index (χ0v) is 16.1. The van der Waals surface area contributed by atoms with E-state index in [1.807, 2.05) is 0 Å². The van der Waals surface area contributed by atoms with E-state index in [1.165, 1.54) is 30.0 Å². The molecule has 0 bridgehead atoms. The monoisotopic (exact) mass is 441 g/mol. The number of methoxy groups -OCH3 is 1. The Bertz CT molecular complexity index is 1020. The van der Waals surface area contributed by atoms with Crippen LogP contribution in [-0.2, 0) is 4.79 Å². The van der Waals surface area contributed by atoms with Gasteiger partial charge in [0.1, 0.15) is 5.75 Å². The van der Waals surface area contributed by atoms with Crippen LogP contribution in [0.25, 0.3) is 5.69 Å². The van der Waals surface area contributed by atoms with Crippen molar-refractivity contribution in [2.45, 2.75) is 11.4 Å². The third-order valence-electron chi connectivity index (χ3n) is 3.62. The Kier molecular flexibility index (Phi) is 6.35. The highest BCUT2D eigenvalue weighted by molar-refractivity contribution is 7.99. The van der Waals surface area contributed by atoms with E-state index in [0.29, 0.717) is 11.4 Å². The first-order valence-corrected chi connectivity index (χ1v) is 9.26. The normalized spacial score (nSPS) is 11.2. The summed E-state index contributed by atoms with van der Waals surface area (Å²) < 4.78 is 52.3. The van der Waals surface area contributed by atoms with Gasteiger partial charge in [-0.15, -0.1) is 13.2 Å². The summed E-state index contributed by atoms with van der Waals surface area (Å²) in [7, 11) is 1.51. The second-order valence-electron chi connectivity index (χ2n) is 5.66. The molecule has 0 aliphatic rings. The first-order chi connectivity index (χ1) is 14.3. The highest BCUT2D eigenvalue weighted by atomic mass is 32.2. The molecule has 3 rings (SSSR count). The Morgan fingerprint density at radius 2 is 1.93 bits per heavy atom. The molecule has 12 heteroatoms. The smallest absolute Gasteiger partial charge is 0.538 e. The Morgan fingerprint density at radius 3 is 2.60 bits per heavy atom. The van der Waals surface area contributed by atoms with Crippen LogP contribution in [0.15, 0.2) is 58.1 Å². The lowest BCUT2D eigenvalue weighted by Crippen LogP contribution is -2.35. The predicted molar refractivity (Wildman–Crippen MR) is 96.5 cm³/mol. The first-order valence-electron chi connectivity index (χ1n) is 8.27. The highest BCUT2D eigenvalue weighted by Gasteiger charge is 2.32. The Morgan fingerprint density at radius 1 is 1.23 bits per heavy atom. The highest BCUT2D eigenvalue weighted by Crippen LogP contribution is 2.30. The van der Waals surface area contributed by atoms with E-state index >= 15 is 0 Å². The molecule has 0 radical (unpaired) electrons. The average Bonchev–Trinajstić information content (AvgIpc) is 3.07. The van der Waals surface area contributed by atoms with Crippen molar-refractivity contribution in [3.8, 4) is 23.1 Å². The van der Waals surface area contributed by atoms with Gasteiger partial charge in [-0.2, -0.15) is 0 Å². The van der Waals surface area contributed by atoms with Crippen molar-refractivity contribution in [2.24, 2.45) is 0 Å². The second-order valence-corrected chi connectivity index (χ2v) is 6.62. The van der Waals surface area contributed by atoms with Gasteiger partial charge in [-0.3, -0.25) is 4.79 Å². The number of halogens is 3. The van der Waals surface area contributed by atoms with E-state index in [4.69, 9.17) is 4.74 Å². The van der Waals surface area contributed by atoms with Crippen molar-refractivity contribution in [1.82, 2.24) is 5.27 Å². The van der Waals surface area contributed by atoms with Crippen molar-refractivity contribution in [2.75, 3.05) is 18.2 Å². The van der Waals surface area contributed by atoms with Gasteiger partial charge >= 0.3 is 6.36 Å². The van der Waals surface area contributed by atoms with Crippen LogP contribution in [0.2, 0.25) is 0 Å². The number of carbonyl (C=O) groups is 1. The summed E-state index contributed by atoms with van der Waals surface area (Å²) in [5.74, 6) is -1.65. The number of benzene rings is 2. The number of para-hydroxylation sites is 2. The summed E-state index contributed by atoms with van der Waals surface area (Å²) in [5.41, 5.74) is 0.338. The molecule has 0 aliphatic carbocycles. The lowest BCUT2D eigenvalue weighted by Gasteiger charge is -2.13. The third kappa shape index (κ3) is 5.35. The molecular weight excluding hydrogens is 427 g/mol. The number of ether oxygens (including phenoxy) is 2. The van der Waals surface area contributed by atoms with Gasteiger partial charge in [0.05, 0.1) is 23.8 Å². The molecule has 158 valence electrons. The van der Waals surface area contributed by atoms with Gasteiger partial charge in [0.2, 0.25) is 11.6 Å². The number of nitrogens with zero attached hydrogens (tertiary/aromatic N) is 2. The molecule has 2 aromatic carbocycles. The van der Waals surface area contributed by atoms with Gasteiger partial charge in [-0.25, -0.2) is 0 Å². The molecule has 0 unspecified atom stereocenters. The van der Waals surface area contributed by atoms with Crippen molar-refractivity contribution >= 4 is 23.4 Å². The van der Waals surface area contributed by atoms with E-state index < -0.39 is 24.0 Å². The van der Waals surface area contributed by atoms with Crippen LogP contribution in [0.4, 0.5) is 18.9 Å². The number of alkyl halides is 3. The second kappa shape index (κ2) is 8.95. The van der Waals surface area contributed by atoms with Crippen LogP contribution in [0.1, 0.15) is 0 Å². The SMILES string of the molecule is COc1ccc(-[n+]2noc([O-])c2SCC(=O)Nc2ccccc2OC(F)(F)F)cc1. The fourth-order valence-corrected chi connectivity index (χ4v) is 3.11. The number of anilines is 1. The van der Waals surface area contributed by atoms with Crippen LogP contribution >= 0.6 is 11.8 Å². The fraction of sp³-hybridized carbons (Fsp3) is 0.167. The van der Waals surface area contributed by atoms with Crippen molar-refractivity contribution in [3.63, 3.8) is 0 Å². The molecule has 0 aliphatic heterocycles. The minimum absolute atomic E-state index is 0.0233. The number of rotatable bonds is 7. The van der Waals surface area contributed by atoms with E-state index in [9.17, 15) is 23.1 Å². The van der Waals surface area contributed by atoms with E-state index in [2.05, 4.69) is 19.8 Å². The van der Waals surface area contributed by atoms with E-state index in [-0.39, 0.29) is 16.5 Å². The molecule has 1 aromatic heterocycles. The van der Waals surface area contributed by atoms with Crippen LogP contribution < -0.4 is 24.6 Å². The maximum absolute atomic E-state index is 12.5. The molecule has 0 fully saturated rings. The Labute approximate surface area is 172 Å². The molecule has 0 spiro atoms. The number of nitrogens with one attached hydrogen (secondary N) is 1. The van der Waals surface area contributed by atoms with Crippen molar-refractivity contribution in [1.29, 1.82) is 0 Å². The predicted octanol–water partition coefficient (Wildman–Crippen LogP) is 2.66. The lowest BCUT2D eigenvalue weighted by atomic mass is 10.3. The lowest BCUT2D eigenvalue weighted by molar-refractivity contribution is -0.705. The Balaban J connectivity index is 1.70. The number of amides is 1. The fourth-order valence-electron chi connectivity index (χ4n) is 2.35. The summed E-state index contributed by atoms with van der Waals surface area (Å²) >= 11 is 0.819. The van der Waals surface area contributed by atoms with E-state index in [1.54, 1.807) is 24.3 Å². The van der Waals surface area contributed by atoms with Crippen LogP contribution in [0.3, 0.4) is 0 Å². The number of hydrogen-bond donors (Lipinski definition) is 1. The van der Waals surface area contributed by atoms with Crippen LogP contribution in [0.5, 0.6) is 17.4 Å². The molecular formula is C18H14F3N3O5S. The molecule has 0 saturated heterocycles. The minimum atomic E-state index is -4.90. The summed E-state index contributed by atoms with van der Waals surface area (Å²) in [6, 6.07) is 11.7. The molecule has 1 amide bonds. The molecule has 30 heavy (non-hydrogen) atoms. The first kappa shape index (κ1) is 21.3.